The van der Waals surface area contributed by atoms with Crippen molar-refractivity contribution < 1.29 is 4.79 Å². The molecule has 0 bridgehead atoms. The minimum atomic E-state index is 0.467. The monoisotopic (exact) mass is 354 g/mol. The lowest BCUT2D eigenvalue weighted by atomic mass is 10.1. The molecule has 0 amide bonds. The van der Waals surface area contributed by atoms with E-state index in [1.165, 1.54) is 5.56 Å². The molecule has 0 spiro atoms. The molecule has 0 saturated carbocycles. The van der Waals surface area contributed by atoms with Crippen molar-refractivity contribution in [3.8, 4) is 11.3 Å². The van der Waals surface area contributed by atoms with Crippen molar-refractivity contribution >= 4 is 22.2 Å². The molecule has 4 heteroatoms. The first-order chi connectivity index (χ1) is 10.8. The Labute approximate surface area is 137 Å². The molecule has 1 heterocycles. The average molecular weight is 355 g/mol. The van der Waals surface area contributed by atoms with E-state index in [1.807, 2.05) is 53.2 Å². The smallest absolute Gasteiger partial charge is 0.185 e. The van der Waals surface area contributed by atoms with Gasteiger partial charge in [-0.1, -0.05) is 58.4 Å². The zero-order valence-corrected chi connectivity index (χ0v) is 13.5. The maximum atomic E-state index is 11.2. The van der Waals surface area contributed by atoms with Crippen molar-refractivity contribution in [3.63, 3.8) is 0 Å². The summed E-state index contributed by atoms with van der Waals surface area (Å²) in [6, 6.07) is 18.1. The number of hydrogen-bond donors (Lipinski definition) is 0. The number of aldehydes is 1. The fourth-order valence-corrected chi connectivity index (χ4v) is 2.84. The molecular formula is C18H15BrN2O. The summed E-state index contributed by atoms with van der Waals surface area (Å²) in [4.78, 5) is 15.7. The predicted molar refractivity (Wildman–Crippen MR) is 90.9 cm³/mol. The van der Waals surface area contributed by atoms with Crippen LogP contribution in [0.25, 0.3) is 11.3 Å². The van der Waals surface area contributed by atoms with Gasteiger partial charge in [-0.05, 0) is 24.1 Å². The van der Waals surface area contributed by atoms with E-state index in [1.54, 1.807) is 0 Å². The fraction of sp³-hybridized carbons (Fsp3) is 0.111. The molecule has 110 valence electrons. The number of nitrogens with zero attached hydrogens (tertiary/aromatic N) is 2. The Morgan fingerprint density at radius 3 is 2.64 bits per heavy atom. The summed E-state index contributed by atoms with van der Waals surface area (Å²) in [6.07, 6.45) is 3.61. The van der Waals surface area contributed by atoms with E-state index in [4.69, 9.17) is 0 Å². The van der Waals surface area contributed by atoms with Crippen molar-refractivity contribution in [2.24, 2.45) is 0 Å². The van der Waals surface area contributed by atoms with Crippen LogP contribution in [-0.4, -0.2) is 15.8 Å². The van der Waals surface area contributed by atoms with E-state index in [0.29, 0.717) is 5.82 Å². The Hall–Kier alpha value is -2.20. The quantitative estimate of drug-likeness (QED) is 0.637. The van der Waals surface area contributed by atoms with Crippen molar-refractivity contribution in [3.05, 3.63) is 76.7 Å². The molecule has 0 N–H and O–H groups in total. The number of carbonyl (C=O) groups excluding carboxylic acids is 1. The third-order valence-electron chi connectivity index (χ3n) is 3.51. The minimum absolute atomic E-state index is 0.467. The standard InChI is InChI=1S/C18H15BrN2O/c19-16-8-4-5-14(11-16)9-10-21-12-17(20-18(21)13-22)15-6-2-1-3-7-15/h1-8,11-13H,9-10H2. The summed E-state index contributed by atoms with van der Waals surface area (Å²) in [6.45, 7) is 0.727. The largest absolute Gasteiger partial charge is 0.328 e. The van der Waals surface area contributed by atoms with Gasteiger partial charge in [-0.15, -0.1) is 0 Å². The molecule has 0 saturated heterocycles. The van der Waals surface area contributed by atoms with Crippen LogP contribution in [0.2, 0.25) is 0 Å². The number of imidazole rings is 1. The van der Waals surface area contributed by atoms with Crippen molar-refractivity contribution in [1.82, 2.24) is 9.55 Å². The van der Waals surface area contributed by atoms with E-state index in [0.717, 1.165) is 35.0 Å². The Balaban J connectivity index is 1.81. The highest BCUT2D eigenvalue weighted by atomic mass is 79.9. The van der Waals surface area contributed by atoms with Crippen LogP contribution in [0.1, 0.15) is 16.2 Å². The summed E-state index contributed by atoms with van der Waals surface area (Å²) in [5.74, 6) is 0.467. The third-order valence-corrected chi connectivity index (χ3v) is 4.01. The van der Waals surface area contributed by atoms with Gasteiger partial charge in [-0.2, -0.15) is 0 Å². The van der Waals surface area contributed by atoms with E-state index in [-0.39, 0.29) is 0 Å². The molecule has 22 heavy (non-hydrogen) atoms. The Kier molecular flexibility index (Phi) is 4.49. The van der Waals surface area contributed by atoms with Crippen LogP contribution in [-0.2, 0) is 13.0 Å². The first kappa shape index (κ1) is 14.7. The van der Waals surface area contributed by atoms with Gasteiger partial charge in [0.1, 0.15) is 0 Å². The number of carbonyl (C=O) groups is 1. The predicted octanol–water partition coefficient (Wildman–Crippen LogP) is 4.37. The average Bonchev–Trinajstić information content (AvgIpc) is 2.97. The number of aromatic nitrogens is 2. The minimum Gasteiger partial charge on any atom is -0.328 e. The summed E-state index contributed by atoms with van der Waals surface area (Å²) in [5, 5.41) is 0. The second-order valence-electron chi connectivity index (χ2n) is 5.04. The van der Waals surface area contributed by atoms with Gasteiger partial charge in [0.05, 0.1) is 5.69 Å². The van der Waals surface area contributed by atoms with Gasteiger partial charge in [0.25, 0.3) is 0 Å². The third kappa shape index (κ3) is 3.34. The second kappa shape index (κ2) is 6.71. The molecule has 0 aliphatic heterocycles. The molecule has 0 fully saturated rings. The first-order valence-electron chi connectivity index (χ1n) is 7.08. The molecule has 2 aromatic carbocycles. The molecule has 0 aliphatic carbocycles. The molecule has 3 rings (SSSR count). The van der Waals surface area contributed by atoms with Crippen LogP contribution < -0.4 is 0 Å². The normalized spacial score (nSPS) is 10.6. The van der Waals surface area contributed by atoms with Crippen LogP contribution in [0.5, 0.6) is 0 Å². The fourth-order valence-electron chi connectivity index (χ4n) is 2.39. The SMILES string of the molecule is O=Cc1nc(-c2ccccc2)cn1CCc1cccc(Br)c1. The summed E-state index contributed by atoms with van der Waals surface area (Å²) < 4.78 is 2.98. The molecule has 3 aromatic rings. The van der Waals surface area contributed by atoms with E-state index in [2.05, 4.69) is 33.0 Å². The highest BCUT2D eigenvalue weighted by Gasteiger charge is 2.08. The van der Waals surface area contributed by atoms with Gasteiger partial charge in [0, 0.05) is 22.8 Å². The number of aryl methyl sites for hydroxylation is 2. The first-order valence-corrected chi connectivity index (χ1v) is 7.88. The second-order valence-corrected chi connectivity index (χ2v) is 5.96. The Bertz CT molecular complexity index is 781. The summed E-state index contributed by atoms with van der Waals surface area (Å²) >= 11 is 3.48. The lowest BCUT2D eigenvalue weighted by molar-refractivity contribution is 0.111. The van der Waals surface area contributed by atoms with Gasteiger partial charge >= 0.3 is 0 Å². The molecular weight excluding hydrogens is 340 g/mol. The number of hydrogen-bond acceptors (Lipinski definition) is 2. The highest BCUT2D eigenvalue weighted by molar-refractivity contribution is 9.10. The maximum absolute atomic E-state index is 11.2. The molecule has 0 unspecified atom stereocenters. The molecule has 1 aromatic heterocycles. The van der Waals surface area contributed by atoms with Gasteiger partial charge in [-0.3, -0.25) is 4.79 Å². The summed E-state index contributed by atoms with van der Waals surface area (Å²) in [5.41, 5.74) is 3.07. The molecule has 0 atom stereocenters. The van der Waals surface area contributed by atoms with Crippen molar-refractivity contribution in [1.29, 1.82) is 0 Å². The van der Waals surface area contributed by atoms with E-state index < -0.39 is 0 Å². The van der Waals surface area contributed by atoms with Gasteiger partial charge < -0.3 is 4.57 Å². The van der Waals surface area contributed by atoms with Crippen molar-refractivity contribution in [2.45, 2.75) is 13.0 Å². The molecule has 0 aliphatic rings. The van der Waals surface area contributed by atoms with Gasteiger partial charge in [0.2, 0.25) is 0 Å². The molecule has 3 nitrogen and oxygen atoms in total. The van der Waals surface area contributed by atoms with Gasteiger partial charge in [0.15, 0.2) is 12.1 Å². The topological polar surface area (TPSA) is 34.9 Å². The summed E-state index contributed by atoms with van der Waals surface area (Å²) in [7, 11) is 0. The maximum Gasteiger partial charge on any atom is 0.185 e. The Morgan fingerprint density at radius 2 is 1.91 bits per heavy atom. The number of benzene rings is 2. The van der Waals surface area contributed by atoms with Crippen LogP contribution in [0.15, 0.2) is 65.3 Å². The van der Waals surface area contributed by atoms with Crippen LogP contribution in [0.3, 0.4) is 0 Å². The number of rotatable bonds is 5. The zero-order chi connectivity index (χ0) is 15.4. The van der Waals surface area contributed by atoms with Crippen LogP contribution in [0, 0.1) is 0 Å². The highest BCUT2D eigenvalue weighted by Crippen LogP contribution is 2.19. The lowest BCUT2D eigenvalue weighted by Gasteiger charge is -2.04. The number of halogens is 1. The van der Waals surface area contributed by atoms with E-state index in [9.17, 15) is 4.79 Å². The molecule has 0 radical (unpaired) electrons. The van der Waals surface area contributed by atoms with Crippen LogP contribution in [0.4, 0.5) is 0 Å². The van der Waals surface area contributed by atoms with E-state index >= 15 is 0 Å². The van der Waals surface area contributed by atoms with Gasteiger partial charge in [-0.25, -0.2) is 4.98 Å². The zero-order valence-electron chi connectivity index (χ0n) is 11.9. The Morgan fingerprint density at radius 1 is 1.09 bits per heavy atom. The lowest BCUT2D eigenvalue weighted by Crippen LogP contribution is -2.04. The van der Waals surface area contributed by atoms with Crippen molar-refractivity contribution in [2.75, 3.05) is 0 Å². The van der Waals surface area contributed by atoms with Crippen LogP contribution >= 0.6 is 15.9 Å².